The number of hydrogen-bond donors (Lipinski definition) is 9. The smallest absolute Gasteiger partial charge is 0.328 e. The van der Waals surface area contributed by atoms with Crippen LogP contribution in [0.1, 0.15) is 12.0 Å². The summed E-state index contributed by atoms with van der Waals surface area (Å²) in [7, 11) is 0. The predicted molar refractivity (Wildman–Crippen MR) is 121 cm³/mol. The molecule has 4 amide bonds. The van der Waals surface area contributed by atoms with E-state index in [2.05, 4.69) is 15.6 Å². The second-order valence-corrected chi connectivity index (χ2v) is 7.73. The van der Waals surface area contributed by atoms with E-state index in [4.69, 9.17) is 21.7 Å². The molecular weight excluding hydrogens is 464 g/mol. The minimum absolute atomic E-state index is 0.0565. The number of carboxylic acids is 1. The highest BCUT2D eigenvalue weighted by Gasteiger charge is 2.30. The summed E-state index contributed by atoms with van der Waals surface area (Å²) in [5.74, 6) is -5.14. The summed E-state index contributed by atoms with van der Waals surface area (Å²) in [6.45, 7) is -1.81. The first-order chi connectivity index (χ1) is 16.6. The van der Waals surface area contributed by atoms with Crippen molar-refractivity contribution in [3.05, 3.63) is 36.0 Å². The van der Waals surface area contributed by atoms with Crippen molar-refractivity contribution in [3.63, 3.8) is 0 Å². The summed E-state index contributed by atoms with van der Waals surface area (Å²) >= 11 is 0. The largest absolute Gasteiger partial charge is 0.480 e. The van der Waals surface area contributed by atoms with Gasteiger partial charge in [-0.25, -0.2) is 4.79 Å². The molecule has 4 unspecified atom stereocenters. The number of fused-ring (bicyclic) bond motifs is 1. The zero-order chi connectivity index (χ0) is 26.1. The lowest BCUT2D eigenvalue weighted by molar-refractivity contribution is -0.143. The minimum atomic E-state index is -1.65. The number of carbonyl (C=O) groups is 5. The van der Waals surface area contributed by atoms with E-state index in [0.29, 0.717) is 5.56 Å². The first kappa shape index (κ1) is 27.2. The fraction of sp³-hybridized carbons (Fsp3) is 0.381. The molecule has 1 aromatic carbocycles. The molecule has 0 aliphatic carbocycles. The summed E-state index contributed by atoms with van der Waals surface area (Å²) < 4.78 is 0. The lowest BCUT2D eigenvalue weighted by Gasteiger charge is -2.24. The molecule has 0 saturated heterocycles. The second kappa shape index (κ2) is 12.5. The molecule has 4 atom stereocenters. The van der Waals surface area contributed by atoms with Gasteiger partial charge in [0.1, 0.15) is 18.1 Å². The number of aliphatic hydroxyl groups excluding tert-OH is 2. The number of nitrogens with one attached hydrogen (secondary N) is 4. The zero-order valence-electron chi connectivity index (χ0n) is 18.6. The Hall–Kier alpha value is -4.01. The molecule has 1 heterocycles. The van der Waals surface area contributed by atoms with Crippen LogP contribution in [0.25, 0.3) is 10.9 Å². The highest BCUT2D eigenvalue weighted by atomic mass is 16.4. The van der Waals surface area contributed by atoms with Crippen LogP contribution in [0.5, 0.6) is 0 Å². The Bertz CT molecular complexity index is 1090. The summed E-state index contributed by atoms with van der Waals surface area (Å²) in [5, 5.41) is 35.0. The van der Waals surface area contributed by atoms with E-state index < -0.39 is 73.4 Å². The van der Waals surface area contributed by atoms with Crippen molar-refractivity contribution in [2.75, 3.05) is 13.2 Å². The lowest BCUT2D eigenvalue weighted by Crippen LogP contribution is -2.59. The van der Waals surface area contributed by atoms with Gasteiger partial charge in [0.2, 0.25) is 23.6 Å². The van der Waals surface area contributed by atoms with Crippen LogP contribution in [0.4, 0.5) is 0 Å². The van der Waals surface area contributed by atoms with Gasteiger partial charge >= 0.3 is 5.97 Å². The van der Waals surface area contributed by atoms with Gasteiger partial charge < -0.3 is 47.7 Å². The Labute approximate surface area is 199 Å². The number of hydrogen-bond acceptors (Lipinski definition) is 8. The molecule has 0 fully saturated rings. The molecule has 0 saturated carbocycles. The van der Waals surface area contributed by atoms with E-state index in [-0.39, 0.29) is 6.42 Å². The molecule has 2 aromatic rings. The Kier molecular flexibility index (Phi) is 9.69. The Morgan fingerprint density at radius 2 is 1.46 bits per heavy atom. The van der Waals surface area contributed by atoms with Crippen LogP contribution in [0.2, 0.25) is 0 Å². The van der Waals surface area contributed by atoms with Crippen LogP contribution in [0.15, 0.2) is 30.5 Å². The van der Waals surface area contributed by atoms with Crippen molar-refractivity contribution in [1.29, 1.82) is 0 Å². The molecule has 35 heavy (non-hydrogen) atoms. The first-order valence-corrected chi connectivity index (χ1v) is 10.5. The molecule has 2 rings (SSSR count). The number of aromatic nitrogens is 1. The third kappa shape index (κ3) is 7.49. The number of primary amides is 1. The molecule has 14 heteroatoms. The van der Waals surface area contributed by atoms with Crippen molar-refractivity contribution < 1.29 is 39.3 Å². The standard InChI is InChI=1S/C21H28N6O8/c22-12(6-17(23)30)18(31)25-14(5-10-7-24-13-4-2-1-3-11(10)13)19(32)26-15(8-28)20(33)27-16(9-29)21(34)35/h1-4,7,12,14-16,24,28-29H,5-6,8-9,22H2,(H2,23,30)(H,25,31)(H,26,32)(H,27,33)(H,34,35). The van der Waals surface area contributed by atoms with E-state index in [1.807, 2.05) is 5.32 Å². The highest BCUT2D eigenvalue weighted by Crippen LogP contribution is 2.19. The van der Waals surface area contributed by atoms with E-state index >= 15 is 0 Å². The van der Waals surface area contributed by atoms with Crippen LogP contribution in [0, 0.1) is 0 Å². The van der Waals surface area contributed by atoms with Crippen LogP contribution in [-0.2, 0) is 30.4 Å². The van der Waals surface area contributed by atoms with E-state index in [1.54, 1.807) is 30.5 Å². The van der Waals surface area contributed by atoms with E-state index in [0.717, 1.165) is 10.9 Å². The Balaban J connectivity index is 2.23. The average Bonchev–Trinajstić information content (AvgIpc) is 3.22. The van der Waals surface area contributed by atoms with Gasteiger partial charge in [0.15, 0.2) is 0 Å². The molecule has 0 spiro atoms. The average molecular weight is 492 g/mol. The second-order valence-electron chi connectivity index (χ2n) is 7.73. The Morgan fingerprint density at radius 1 is 0.886 bits per heavy atom. The lowest BCUT2D eigenvalue weighted by atomic mass is 10.0. The molecule has 0 aliphatic heterocycles. The first-order valence-electron chi connectivity index (χ1n) is 10.5. The quantitative estimate of drug-likeness (QED) is 0.134. The molecule has 190 valence electrons. The van der Waals surface area contributed by atoms with Gasteiger partial charge in [0, 0.05) is 23.5 Å². The van der Waals surface area contributed by atoms with Crippen molar-refractivity contribution >= 4 is 40.5 Å². The normalized spacial score (nSPS) is 14.4. The number of aliphatic carboxylic acids is 1. The topological polar surface area (TPSA) is 250 Å². The predicted octanol–water partition coefficient (Wildman–Crippen LogP) is -3.56. The molecule has 14 nitrogen and oxygen atoms in total. The van der Waals surface area contributed by atoms with Crippen molar-refractivity contribution in [2.24, 2.45) is 11.5 Å². The maximum atomic E-state index is 13.0. The number of para-hydroxylation sites is 1. The molecule has 0 bridgehead atoms. The number of carbonyl (C=O) groups excluding carboxylic acids is 4. The molecule has 11 N–H and O–H groups in total. The van der Waals surface area contributed by atoms with Gasteiger partial charge in [-0.15, -0.1) is 0 Å². The SMILES string of the molecule is NC(=O)CC(N)C(=O)NC(Cc1c[nH]c2ccccc12)C(=O)NC(CO)C(=O)NC(CO)C(=O)O. The highest BCUT2D eigenvalue weighted by molar-refractivity contribution is 5.95. The van der Waals surface area contributed by atoms with Gasteiger partial charge in [0.25, 0.3) is 0 Å². The maximum absolute atomic E-state index is 13.0. The van der Waals surface area contributed by atoms with Crippen molar-refractivity contribution in [2.45, 2.75) is 37.0 Å². The number of aromatic amines is 1. The summed E-state index contributed by atoms with van der Waals surface area (Å²) in [5.41, 5.74) is 12.2. The van der Waals surface area contributed by atoms with Crippen molar-refractivity contribution in [3.8, 4) is 0 Å². The monoisotopic (exact) mass is 492 g/mol. The number of nitrogens with two attached hydrogens (primary N) is 2. The van der Waals surface area contributed by atoms with Crippen LogP contribution in [0.3, 0.4) is 0 Å². The number of H-pyrrole nitrogens is 1. The third-order valence-electron chi connectivity index (χ3n) is 5.10. The number of carboxylic acid groups (broad SMARTS) is 1. The number of rotatable bonds is 13. The maximum Gasteiger partial charge on any atom is 0.328 e. The third-order valence-corrected chi connectivity index (χ3v) is 5.10. The van der Waals surface area contributed by atoms with Crippen LogP contribution < -0.4 is 27.4 Å². The van der Waals surface area contributed by atoms with Crippen LogP contribution in [-0.4, -0.2) is 87.3 Å². The summed E-state index contributed by atoms with van der Waals surface area (Å²) in [4.78, 5) is 63.0. The molecule has 0 aliphatic rings. The summed E-state index contributed by atoms with van der Waals surface area (Å²) in [6, 6.07) is 1.32. The summed E-state index contributed by atoms with van der Waals surface area (Å²) in [6.07, 6.45) is 1.11. The molecule has 0 radical (unpaired) electrons. The number of benzene rings is 1. The Morgan fingerprint density at radius 3 is 2.06 bits per heavy atom. The fourth-order valence-corrected chi connectivity index (χ4v) is 3.24. The molecule has 1 aromatic heterocycles. The van der Waals surface area contributed by atoms with Crippen molar-refractivity contribution in [1.82, 2.24) is 20.9 Å². The number of aliphatic hydroxyl groups is 2. The minimum Gasteiger partial charge on any atom is -0.480 e. The van der Waals surface area contributed by atoms with Gasteiger partial charge in [-0.3, -0.25) is 19.2 Å². The van der Waals surface area contributed by atoms with Gasteiger partial charge in [-0.2, -0.15) is 0 Å². The van der Waals surface area contributed by atoms with E-state index in [1.165, 1.54) is 0 Å². The van der Waals surface area contributed by atoms with Crippen LogP contribution >= 0.6 is 0 Å². The van der Waals surface area contributed by atoms with E-state index in [9.17, 15) is 29.1 Å². The fourth-order valence-electron chi connectivity index (χ4n) is 3.24. The molecular formula is C21H28N6O8. The number of amides is 4. The van der Waals surface area contributed by atoms with Gasteiger partial charge in [-0.1, -0.05) is 18.2 Å². The zero-order valence-corrected chi connectivity index (χ0v) is 18.6. The van der Waals surface area contributed by atoms with Gasteiger partial charge in [0.05, 0.1) is 25.7 Å². The van der Waals surface area contributed by atoms with Gasteiger partial charge in [-0.05, 0) is 11.6 Å².